The van der Waals surface area contributed by atoms with E-state index in [9.17, 15) is 23.1 Å². The number of nitrogens with one attached hydrogen (secondary N) is 1. The van der Waals surface area contributed by atoms with Gasteiger partial charge in [0, 0.05) is 5.56 Å². The maximum absolute atomic E-state index is 12.9. The quantitative estimate of drug-likeness (QED) is 0.774. The Balaban J connectivity index is 2.23. The molecule has 1 unspecified atom stereocenters. The smallest absolute Gasteiger partial charge is 0.326 e. The number of rotatable bonds is 7. The van der Waals surface area contributed by atoms with E-state index in [0.717, 1.165) is 0 Å². The molecule has 0 saturated heterocycles. The molecule has 0 saturated carbocycles. The van der Waals surface area contributed by atoms with E-state index in [1.54, 1.807) is 48.5 Å². The van der Waals surface area contributed by atoms with Gasteiger partial charge in [-0.1, -0.05) is 36.4 Å². The summed E-state index contributed by atoms with van der Waals surface area (Å²) in [5.41, 5.74) is 0.308. The number of carboxylic acids is 1. The molecule has 0 aliphatic rings. The molecule has 0 aliphatic heterocycles. The van der Waals surface area contributed by atoms with Crippen LogP contribution in [0.1, 0.15) is 30.6 Å². The lowest BCUT2D eigenvalue weighted by atomic mass is 10.0. The van der Waals surface area contributed by atoms with Crippen LogP contribution < -0.4 is 5.32 Å². The van der Waals surface area contributed by atoms with Crippen molar-refractivity contribution >= 4 is 21.7 Å². The van der Waals surface area contributed by atoms with Gasteiger partial charge in [-0.05, 0) is 44.5 Å². The number of aliphatic carboxylic acids is 1. The molecule has 1 amide bonds. The zero-order valence-corrected chi connectivity index (χ0v) is 15.4. The Kier molecular flexibility index (Phi) is 5.82. The van der Waals surface area contributed by atoms with Crippen molar-refractivity contribution in [3.05, 3.63) is 66.2 Å². The summed E-state index contributed by atoms with van der Waals surface area (Å²) in [5.74, 6) is -1.85. The molecule has 0 aromatic heterocycles. The molecule has 138 valence electrons. The number of sulfone groups is 1. The van der Waals surface area contributed by atoms with E-state index >= 15 is 0 Å². The predicted molar refractivity (Wildman–Crippen MR) is 97.7 cm³/mol. The van der Waals surface area contributed by atoms with Gasteiger partial charge in [-0.15, -0.1) is 0 Å². The zero-order chi connectivity index (χ0) is 19.4. The summed E-state index contributed by atoms with van der Waals surface area (Å²) in [6.07, 6.45) is -0.266. The highest BCUT2D eigenvalue weighted by atomic mass is 32.2. The fraction of sp³-hybridized carbons (Fsp3) is 0.263. The van der Waals surface area contributed by atoms with Crippen LogP contribution >= 0.6 is 0 Å². The normalized spacial score (nSPS) is 13.0. The summed E-state index contributed by atoms with van der Waals surface area (Å²) in [5, 5.41) is 11.9. The van der Waals surface area contributed by atoms with Crippen molar-refractivity contribution in [2.45, 2.75) is 36.0 Å². The van der Waals surface area contributed by atoms with Gasteiger partial charge in [0.05, 0.1) is 9.64 Å². The van der Waals surface area contributed by atoms with Gasteiger partial charge in [0.25, 0.3) is 5.91 Å². The largest absolute Gasteiger partial charge is 0.480 e. The van der Waals surface area contributed by atoms with Crippen LogP contribution in [-0.2, 0) is 14.6 Å². The number of hydrogen-bond acceptors (Lipinski definition) is 4. The average Bonchev–Trinajstić information content (AvgIpc) is 2.62. The third-order valence-electron chi connectivity index (χ3n) is 4.12. The minimum atomic E-state index is -3.78. The molecular weight excluding hydrogens is 354 g/mol. The summed E-state index contributed by atoms with van der Waals surface area (Å²) in [6, 6.07) is 14.7. The molecule has 2 aromatic rings. The van der Waals surface area contributed by atoms with Crippen molar-refractivity contribution in [2.75, 3.05) is 0 Å². The van der Waals surface area contributed by atoms with Crippen LogP contribution in [0.4, 0.5) is 0 Å². The van der Waals surface area contributed by atoms with Crippen LogP contribution in [0, 0.1) is 0 Å². The van der Waals surface area contributed by atoms with Crippen LogP contribution in [0.2, 0.25) is 0 Å². The molecule has 1 atom stereocenters. The molecule has 0 radical (unpaired) electrons. The zero-order valence-electron chi connectivity index (χ0n) is 14.5. The number of hydrogen-bond donors (Lipinski definition) is 2. The number of carbonyl (C=O) groups excluding carboxylic acids is 1. The summed E-state index contributed by atoms with van der Waals surface area (Å²) in [7, 11) is -3.78. The molecule has 2 rings (SSSR count). The monoisotopic (exact) mass is 375 g/mol. The third-order valence-corrected chi connectivity index (χ3v) is 6.63. The van der Waals surface area contributed by atoms with Crippen molar-refractivity contribution in [3.8, 4) is 0 Å². The van der Waals surface area contributed by atoms with Crippen LogP contribution in [-0.4, -0.2) is 36.2 Å². The molecule has 0 heterocycles. The highest BCUT2D eigenvalue weighted by Gasteiger charge is 2.40. The first-order valence-electron chi connectivity index (χ1n) is 8.03. The highest BCUT2D eigenvalue weighted by molar-refractivity contribution is 7.92. The Morgan fingerprint density at radius 2 is 1.50 bits per heavy atom. The van der Waals surface area contributed by atoms with Gasteiger partial charge in [-0.2, -0.15) is 0 Å². The van der Waals surface area contributed by atoms with Crippen molar-refractivity contribution in [2.24, 2.45) is 0 Å². The lowest BCUT2D eigenvalue weighted by Gasteiger charge is -2.28. The third kappa shape index (κ3) is 4.29. The fourth-order valence-corrected chi connectivity index (χ4v) is 4.09. The summed E-state index contributed by atoms with van der Waals surface area (Å²) >= 11 is 0. The molecule has 0 bridgehead atoms. The lowest BCUT2D eigenvalue weighted by molar-refractivity contribution is -0.139. The van der Waals surface area contributed by atoms with E-state index in [1.807, 2.05) is 0 Å². The van der Waals surface area contributed by atoms with E-state index in [2.05, 4.69) is 5.32 Å². The predicted octanol–water partition coefficient (Wildman–Crippen LogP) is 2.51. The van der Waals surface area contributed by atoms with Gasteiger partial charge in [0.15, 0.2) is 9.84 Å². The minimum Gasteiger partial charge on any atom is -0.480 e. The first-order valence-corrected chi connectivity index (χ1v) is 9.52. The van der Waals surface area contributed by atoms with E-state index in [-0.39, 0.29) is 11.3 Å². The lowest BCUT2D eigenvalue weighted by Crippen LogP contribution is -2.47. The minimum absolute atomic E-state index is 0.114. The van der Waals surface area contributed by atoms with Crippen molar-refractivity contribution in [3.63, 3.8) is 0 Å². The first kappa shape index (κ1) is 19.7. The van der Waals surface area contributed by atoms with Crippen molar-refractivity contribution < 1.29 is 23.1 Å². The maximum atomic E-state index is 12.9. The number of carboxylic acid groups (broad SMARTS) is 1. The van der Waals surface area contributed by atoms with Gasteiger partial charge in [0.2, 0.25) is 0 Å². The number of carbonyl (C=O) groups is 2. The molecular formula is C19H21NO5S. The topological polar surface area (TPSA) is 101 Å². The SMILES string of the molecule is CC(C)(CC(NC(=O)c1ccccc1)C(=O)O)S(=O)(=O)c1ccccc1. The Bertz CT molecular complexity index is 877. The molecule has 2 N–H and O–H groups in total. The van der Waals surface area contributed by atoms with Crippen LogP contribution in [0.15, 0.2) is 65.6 Å². The molecule has 0 spiro atoms. The van der Waals surface area contributed by atoms with Gasteiger partial charge in [0.1, 0.15) is 6.04 Å². The molecule has 7 heteroatoms. The maximum Gasteiger partial charge on any atom is 0.326 e. The van der Waals surface area contributed by atoms with E-state index in [1.165, 1.54) is 26.0 Å². The molecule has 6 nitrogen and oxygen atoms in total. The molecule has 2 aromatic carbocycles. The average molecular weight is 375 g/mol. The summed E-state index contributed by atoms with van der Waals surface area (Å²) in [6.45, 7) is 2.92. The fourth-order valence-electron chi connectivity index (χ4n) is 2.55. The second kappa shape index (κ2) is 7.70. The van der Waals surface area contributed by atoms with Gasteiger partial charge in [-0.3, -0.25) is 4.79 Å². The second-order valence-corrected chi connectivity index (χ2v) is 9.09. The van der Waals surface area contributed by atoms with Gasteiger partial charge >= 0.3 is 5.97 Å². The van der Waals surface area contributed by atoms with Crippen molar-refractivity contribution in [1.82, 2.24) is 5.32 Å². The Morgan fingerprint density at radius 3 is 2.00 bits per heavy atom. The molecule has 0 fully saturated rings. The standard InChI is InChI=1S/C19H21NO5S/c1-19(2,26(24,25)15-11-7-4-8-12-15)13-16(18(22)23)20-17(21)14-9-5-3-6-10-14/h3-12,16H,13H2,1-2H3,(H,20,21)(H,22,23). The van der Waals surface area contributed by atoms with Gasteiger partial charge in [-0.25, -0.2) is 13.2 Å². The van der Waals surface area contributed by atoms with E-state index in [4.69, 9.17) is 0 Å². The first-order chi connectivity index (χ1) is 12.1. The number of benzene rings is 2. The highest BCUT2D eigenvalue weighted by Crippen LogP contribution is 2.29. The summed E-state index contributed by atoms with van der Waals surface area (Å²) < 4.78 is 24.3. The number of amides is 1. The summed E-state index contributed by atoms with van der Waals surface area (Å²) in [4.78, 5) is 24.0. The van der Waals surface area contributed by atoms with Crippen molar-refractivity contribution in [1.29, 1.82) is 0 Å². The van der Waals surface area contributed by atoms with E-state index in [0.29, 0.717) is 5.56 Å². The second-order valence-electron chi connectivity index (χ2n) is 6.51. The Hall–Kier alpha value is -2.67. The molecule has 26 heavy (non-hydrogen) atoms. The molecule has 0 aliphatic carbocycles. The van der Waals surface area contributed by atoms with Crippen LogP contribution in [0.3, 0.4) is 0 Å². The van der Waals surface area contributed by atoms with E-state index < -0.39 is 32.5 Å². The Morgan fingerprint density at radius 1 is 1.00 bits per heavy atom. The van der Waals surface area contributed by atoms with Crippen LogP contribution in [0.5, 0.6) is 0 Å². The Labute approximate surface area is 152 Å². The van der Waals surface area contributed by atoms with Crippen LogP contribution in [0.25, 0.3) is 0 Å². The van der Waals surface area contributed by atoms with Gasteiger partial charge < -0.3 is 10.4 Å².